The van der Waals surface area contributed by atoms with Crippen LogP contribution in [0.5, 0.6) is 0 Å². The molecule has 0 amide bonds. The van der Waals surface area contributed by atoms with Crippen molar-refractivity contribution < 1.29 is 14.2 Å². The molecule has 0 radical (unpaired) electrons. The predicted octanol–water partition coefficient (Wildman–Crippen LogP) is 1.83. The third kappa shape index (κ3) is 2.58. The minimum Gasteiger partial charge on any atom is -0.387 e. The molecule has 1 unspecified atom stereocenters. The van der Waals surface area contributed by atoms with Gasteiger partial charge in [-0.2, -0.15) is 0 Å². The molecule has 2 heterocycles. The van der Waals surface area contributed by atoms with E-state index in [-0.39, 0.29) is 11.2 Å². The van der Waals surface area contributed by atoms with Crippen LogP contribution in [0.25, 0.3) is 0 Å². The fourth-order valence-corrected chi connectivity index (χ4v) is 2.70. The molecule has 1 aliphatic rings. The van der Waals surface area contributed by atoms with Crippen LogP contribution in [0.3, 0.4) is 0 Å². The smallest absolute Gasteiger partial charge is 0.164 e. The quantitative estimate of drug-likeness (QED) is 0.908. The van der Waals surface area contributed by atoms with Gasteiger partial charge in [-0.25, -0.2) is 4.39 Å². The summed E-state index contributed by atoms with van der Waals surface area (Å²) in [5.74, 6) is -0.324. The van der Waals surface area contributed by atoms with Gasteiger partial charge in [0.05, 0.1) is 24.1 Å². The van der Waals surface area contributed by atoms with Crippen LogP contribution in [0, 0.1) is 11.2 Å². The Balaban J connectivity index is 2.21. The van der Waals surface area contributed by atoms with E-state index in [1.807, 2.05) is 18.7 Å². The fourth-order valence-electron chi connectivity index (χ4n) is 2.70. The molecule has 0 spiro atoms. The summed E-state index contributed by atoms with van der Waals surface area (Å²) in [7, 11) is 1.59. The fraction of sp³-hybridized carbons (Fsp3) is 0.643. The molecule has 0 aliphatic carbocycles. The van der Waals surface area contributed by atoms with E-state index in [4.69, 9.17) is 4.74 Å². The molecule has 0 bridgehead atoms. The Hall–Kier alpha value is -1.20. The molecule has 1 fully saturated rings. The van der Waals surface area contributed by atoms with Gasteiger partial charge in [-0.1, -0.05) is 13.8 Å². The molecule has 2 rings (SSSR count). The van der Waals surface area contributed by atoms with Crippen molar-refractivity contribution in [1.82, 2.24) is 4.98 Å². The first-order valence-electron chi connectivity index (χ1n) is 6.45. The molecule has 1 saturated heterocycles. The average molecular weight is 268 g/mol. The zero-order valence-corrected chi connectivity index (χ0v) is 11.7. The molecule has 1 N–H and O–H groups in total. The Morgan fingerprint density at radius 2 is 2.26 bits per heavy atom. The zero-order valence-electron chi connectivity index (χ0n) is 11.7. The van der Waals surface area contributed by atoms with Crippen LogP contribution in [0.2, 0.25) is 0 Å². The molecule has 19 heavy (non-hydrogen) atoms. The minimum atomic E-state index is -0.873. The lowest BCUT2D eigenvalue weighted by molar-refractivity contribution is -0.122. The van der Waals surface area contributed by atoms with Crippen molar-refractivity contribution in [2.24, 2.45) is 5.41 Å². The monoisotopic (exact) mass is 268 g/mol. The Morgan fingerprint density at radius 3 is 2.84 bits per heavy atom. The average Bonchev–Trinajstić information content (AvgIpc) is 2.34. The van der Waals surface area contributed by atoms with E-state index < -0.39 is 5.60 Å². The van der Waals surface area contributed by atoms with Crippen LogP contribution in [0.15, 0.2) is 18.5 Å². The normalized spacial score (nSPS) is 26.5. The van der Waals surface area contributed by atoms with E-state index in [2.05, 4.69) is 4.98 Å². The SMILES string of the molecule is COCC1(O)CCN(c2ccncc2F)CC1(C)C. The van der Waals surface area contributed by atoms with Crippen LogP contribution in [-0.2, 0) is 4.74 Å². The van der Waals surface area contributed by atoms with Gasteiger partial charge in [0, 0.05) is 31.8 Å². The van der Waals surface area contributed by atoms with Gasteiger partial charge < -0.3 is 14.7 Å². The van der Waals surface area contributed by atoms with Gasteiger partial charge in [0.25, 0.3) is 0 Å². The molecule has 1 aromatic rings. The van der Waals surface area contributed by atoms with Gasteiger partial charge in [0.1, 0.15) is 0 Å². The second-order valence-electron chi connectivity index (χ2n) is 5.85. The highest BCUT2D eigenvalue weighted by atomic mass is 19.1. The Kier molecular flexibility index (Phi) is 3.78. The van der Waals surface area contributed by atoms with Gasteiger partial charge >= 0.3 is 0 Å². The number of nitrogens with zero attached hydrogens (tertiary/aromatic N) is 2. The van der Waals surface area contributed by atoms with Gasteiger partial charge in [-0.3, -0.25) is 4.98 Å². The lowest BCUT2D eigenvalue weighted by Crippen LogP contribution is -2.59. The lowest BCUT2D eigenvalue weighted by atomic mass is 9.70. The van der Waals surface area contributed by atoms with E-state index in [1.54, 1.807) is 19.4 Å². The maximum atomic E-state index is 13.8. The maximum absolute atomic E-state index is 13.8. The van der Waals surface area contributed by atoms with Crippen molar-refractivity contribution >= 4 is 5.69 Å². The highest BCUT2D eigenvalue weighted by molar-refractivity contribution is 5.47. The summed E-state index contributed by atoms with van der Waals surface area (Å²) in [5, 5.41) is 10.7. The van der Waals surface area contributed by atoms with Crippen molar-refractivity contribution in [3.05, 3.63) is 24.3 Å². The first-order valence-corrected chi connectivity index (χ1v) is 6.45. The lowest BCUT2D eigenvalue weighted by Gasteiger charge is -2.50. The van der Waals surface area contributed by atoms with Gasteiger partial charge in [0.2, 0.25) is 0 Å². The van der Waals surface area contributed by atoms with Crippen LogP contribution in [0.4, 0.5) is 10.1 Å². The Morgan fingerprint density at radius 1 is 1.53 bits per heavy atom. The molecular weight excluding hydrogens is 247 g/mol. The maximum Gasteiger partial charge on any atom is 0.164 e. The number of aliphatic hydroxyl groups is 1. The second-order valence-corrected chi connectivity index (χ2v) is 5.85. The van der Waals surface area contributed by atoms with Crippen LogP contribution >= 0.6 is 0 Å². The van der Waals surface area contributed by atoms with Crippen molar-refractivity contribution in [3.63, 3.8) is 0 Å². The summed E-state index contributed by atoms with van der Waals surface area (Å²) < 4.78 is 18.9. The van der Waals surface area contributed by atoms with Crippen LogP contribution in [-0.4, -0.2) is 42.5 Å². The number of hydrogen-bond donors (Lipinski definition) is 1. The summed E-state index contributed by atoms with van der Waals surface area (Å²) in [6.45, 7) is 5.44. The van der Waals surface area contributed by atoms with E-state index in [0.717, 1.165) is 0 Å². The number of halogens is 1. The number of pyridine rings is 1. The molecule has 1 aliphatic heterocycles. The first kappa shape index (κ1) is 14.2. The van der Waals surface area contributed by atoms with E-state index in [0.29, 0.717) is 31.8 Å². The highest BCUT2D eigenvalue weighted by Gasteiger charge is 2.47. The molecule has 4 nitrogen and oxygen atoms in total. The van der Waals surface area contributed by atoms with Gasteiger partial charge in [0.15, 0.2) is 5.82 Å². The van der Waals surface area contributed by atoms with E-state index in [1.165, 1.54) is 6.20 Å². The highest BCUT2D eigenvalue weighted by Crippen LogP contribution is 2.40. The summed E-state index contributed by atoms with van der Waals surface area (Å²) in [6.07, 6.45) is 3.36. The molecule has 5 heteroatoms. The molecule has 106 valence electrons. The predicted molar refractivity (Wildman–Crippen MR) is 71.6 cm³/mol. The molecule has 1 atom stereocenters. The second kappa shape index (κ2) is 5.06. The number of aromatic nitrogens is 1. The number of methoxy groups -OCH3 is 1. The number of anilines is 1. The third-order valence-electron chi connectivity index (χ3n) is 4.12. The van der Waals surface area contributed by atoms with Gasteiger partial charge in [-0.15, -0.1) is 0 Å². The molecule has 0 saturated carbocycles. The third-order valence-corrected chi connectivity index (χ3v) is 4.12. The Bertz CT molecular complexity index is 453. The molecular formula is C14H21FN2O2. The number of ether oxygens (including phenoxy) is 1. The number of hydrogen-bond acceptors (Lipinski definition) is 4. The summed E-state index contributed by atoms with van der Waals surface area (Å²) in [5.41, 5.74) is -0.707. The summed E-state index contributed by atoms with van der Waals surface area (Å²) >= 11 is 0. The largest absolute Gasteiger partial charge is 0.387 e. The van der Waals surface area contributed by atoms with Crippen molar-refractivity contribution in [1.29, 1.82) is 0 Å². The molecule has 0 aromatic carbocycles. The summed E-state index contributed by atoms with van der Waals surface area (Å²) in [4.78, 5) is 5.72. The van der Waals surface area contributed by atoms with Crippen molar-refractivity contribution in [3.8, 4) is 0 Å². The summed E-state index contributed by atoms with van der Waals surface area (Å²) in [6, 6.07) is 1.67. The van der Waals surface area contributed by atoms with Crippen LogP contribution < -0.4 is 4.90 Å². The minimum absolute atomic E-state index is 0.298. The number of rotatable bonds is 3. The number of piperidine rings is 1. The van der Waals surface area contributed by atoms with E-state index >= 15 is 0 Å². The van der Waals surface area contributed by atoms with Crippen LogP contribution in [0.1, 0.15) is 20.3 Å². The standard InChI is InChI=1S/C14H21FN2O2/c1-13(2)9-17(7-5-14(13,18)10-19-3)12-4-6-16-8-11(12)15/h4,6,8,18H,5,7,9-10H2,1-3H3. The zero-order chi connectivity index (χ0) is 14.1. The van der Waals surface area contributed by atoms with E-state index in [9.17, 15) is 9.50 Å². The van der Waals surface area contributed by atoms with Crippen molar-refractivity contribution in [2.75, 3.05) is 31.7 Å². The Labute approximate surface area is 113 Å². The topological polar surface area (TPSA) is 45.6 Å². The van der Waals surface area contributed by atoms with Crippen molar-refractivity contribution in [2.45, 2.75) is 25.9 Å². The molecule has 1 aromatic heterocycles. The van der Waals surface area contributed by atoms with Gasteiger partial charge in [-0.05, 0) is 12.5 Å². The first-order chi connectivity index (χ1) is 8.89.